The summed E-state index contributed by atoms with van der Waals surface area (Å²) in [7, 11) is 0. The summed E-state index contributed by atoms with van der Waals surface area (Å²) >= 11 is 6.97. The van der Waals surface area contributed by atoms with Gasteiger partial charge in [-0.1, -0.05) is 11.8 Å². The predicted molar refractivity (Wildman–Crippen MR) is 128 cm³/mol. The lowest BCUT2D eigenvalue weighted by Gasteiger charge is -2.36. The molecule has 0 saturated carbocycles. The first-order chi connectivity index (χ1) is 14.0. The molecule has 0 saturated heterocycles. The average molecular weight is 465 g/mol. The zero-order valence-corrected chi connectivity index (χ0v) is 20.3. The monoisotopic (exact) mass is 464 g/mol. The van der Waals surface area contributed by atoms with Crippen LogP contribution in [0.2, 0.25) is 0 Å². The Morgan fingerprint density at radius 2 is 2.03 bits per heavy atom. The van der Waals surface area contributed by atoms with E-state index < -0.39 is 0 Å². The quantitative estimate of drug-likeness (QED) is 0.238. The molecule has 0 bridgehead atoms. The molecule has 1 aliphatic rings. The Labute approximate surface area is 189 Å². The van der Waals surface area contributed by atoms with E-state index in [0.29, 0.717) is 13.0 Å². The summed E-state index contributed by atoms with van der Waals surface area (Å²) in [6.45, 7) is 2.97. The summed E-state index contributed by atoms with van der Waals surface area (Å²) < 4.78 is 11.0. The number of carbonyl (C=O) groups is 1. The average Bonchev–Trinajstić information content (AvgIpc) is 3.18. The van der Waals surface area contributed by atoms with Crippen LogP contribution in [0.3, 0.4) is 0 Å². The summed E-state index contributed by atoms with van der Waals surface area (Å²) in [6, 6.07) is 8.26. The molecule has 29 heavy (non-hydrogen) atoms. The molecule has 1 aliphatic heterocycles. The Kier molecular flexibility index (Phi) is 7.92. The zero-order valence-electron chi connectivity index (χ0n) is 17.0. The molecule has 154 valence electrons. The van der Waals surface area contributed by atoms with Crippen LogP contribution in [-0.4, -0.2) is 38.0 Å². The van der Waals surface area contributed by atoms with Crippen molar-refractivity contribution in [3.63, 3.8) is 0 Å². The molecule has 0 spiro atoms. The van der Waals surface area contributed by atoms with E-state index in [-0.39, 0.29) is 10.0 Å². The Bertz CT molecular complexity index is 935. The molecule has 0 amide bonds. The molecule has 2 aromatic rings. The first kappa shape index (κ1) is 22.5. The molecule has 0 N–H and O–H groups in total. The van der Waals surface area contributed by atoms with Crippen molar-refractivity contribution >= 4 is 52.6 Å². The SMILES string of the molecule is CCOC(=O)Cc1ccc(C#Cc2cc3c(cc2SC)OCCC3(SC)SC)s1. The second-order valence-corrected chi connectivity index (χ2v) is 10.8. The number of rotatable bonds is 6. The lowest BCUT2D eigenvalue weighted by Crippen LogP contribution is -2.26. The van der Waals surface area contributed by atoms with Crippen molar-refractivity contribution in [1.82, 2.24) is 0 Å². The molecule has 0 atom stereocenters. The molecule has 0 fully saturated rings. The van der Waals surface area contributed by atoms with Crippen LogP contribution < -0.4 is 4.74 Å². The van der Waals surface area contributed by atoms with Crippen LogP contribution in [0, 0.1) is 11.8 Å². The van der Waals surface area contributed by atoms with Crippen LogP contribution in [-0.2, 0) is 20.0 Å². The minimum Gasteiger partial charge on any atom is -0.493 e. The van der Waals surface area contributed by atoms with Crippen molar-refractivity contribution < 1.29 is 14.3 Å². The summed E-state index contributed by atoms with van der Waals surface area (Å²) in [5.74, 6) is 7.42. The van der Waals surface area contributed by atoms with E-state index in [9.17, 15) is 4.79 Å². The lowest BCUT2D eigenvalue weighted by atomic mass is 10.0. The van der Waals surface area contributed by atoms with Gasteiger partial charge in [-0.05, 0) is 50.0 Å². The molecule has 0 aliphatic carbocycles. The van der Waals surface area contributed by atoms with Gasteiger partial charge in [0.25, 0.3) is 0 Å². The van der Waals surface area contributed by atoms with E-state index in [4.69, 9.17) is 9.47 Å². The molecule has 3 rings (SSSR count). The van der Waals surface area contributed by atoms with Crippen molar-refractivity contribution in [2.45, 2.75) is 28.7 Å². The molecular weight excluding hydrogens is 441 g/mol. The minimum absolute atomic E-state index is 0.0106. The summed E-state index contributed by atoms with van der Waals surface area (Å²) in [5, 5.41) is 0. The van der Waals surface area contributed by atoms with Gasteiger partial charge in [0, 0.05) is 27.3 Å². The second kappa shape index (κ2) is 10.2. The van der Waals surface area contributed by atoms with Crippen LogP contribution >= 0.6 is 46.6 Å². The predicted octanol–water partition coefficient (Wildman–Crippen LogP) is 5.64. The van der Waals surface area contributed by atoms with Crippen LogP contribution in [0.4, 0.5) is 0 Å². The van der Waals surface area contributed by atoms with Crippen LogP contribution in [0.5, 0.6) is 5.75 Å². The van der Waals surface area contributed by atoms with E-state index in [0.717, 1.165) is 39.0 Å². The van der Waals surface area contributed by atoms with Gasteiger partial charge >= 0.3 is 5.97 Å². The highest BCUT2D eigenvalue weighted by molar-refractivity contribution is 8.16. The largest absolute Gasteiger partial charge is 0.493 e. The van der Waals surface area contributed by atoms with Crippen LogP contribution in [0.1, 0.15) is 34.2 Å². The molecule has 2 heterocycles. The molecule has 0 radical (unpaired) electrons. The van der Waals surface area contributed by atoms with Crippen molar-refractivity contribution in [3.8, 4) is 17.6 Å². The maximum atomic E-state index is 11.7. The Hall–Kier alpha value is -1.20. The Balaban J connectivity index is 1.91. The maximum absolute atomic E-state index is 11.7. The highest BCUT2D eigenvalue weighted by atomic mass is 32.2. The van der Waals surface area contributed by atoms with E-state index >= 15 is 0 Å². The van der Waals surface area contributed by atoms with Gasteiger partial charge in [-0.2, -0.15) is 0 Å². The fraction of sp³-hybridized carbons (Fsp3) is 0.409. The molecule has 1 aromatic carbocycles. The van der Waals surface area contributed by atoms with E-state index in [1.54, 1.807) is 23.1 Å². The van der Waals surface area contributed by atoms with Crippen molar-refractivity contribution in [2.75, 3.05) is 32.0 Å². The third-order valence-corrected chi connectivity index (χ3v) is 9.61. The topological polar surface area (TPSA) is 35.5 Å². The Morgan fingerprint density at radius 3 is 2.72 bits per heavy atom. The van der Waals surface area contributed by atoms with Crippen molar-refractivity contribution in [1.29, 1.82) is 0 Å². The van der Waals surface area contributed by atoms with Crippen LogP contribution in [0.15, 0.2) is 29.2 Å². The fourth-order valence-electron chi connectivity index (χ4n) is 3.21. The van der Waals surface area contributed by atoms with E-state index in [1.165, 1.54) is 5.56 Å². The van der Waals surface area contributed by atoms with Gasteiger partial charge in [-0.3, -0.25) is 4.79 Å². The number of hydrogen-bond donors (Lipinski definition) is 0. The number of thiophene rings is 1. The Morgan fingerprint density at radius 1 is 1.24 bits per heavy atom. The lowest BCUT2D eigenvalue weighted by molar-refractivity contribution is -0.142. The molecule has 1 aromatic heterocycles. The third-order valence-electron chi connectivity index (χ3n) is 4.67. The number of esters is 1. The number of ether oxygens (including phenoxy) is 2. The van der Waals surface area contributed by atoms with Crippen molar-refractivity contribution in [3.05, 3.63) is 45.1 Å². The molecule has 3 nitrogen and oxygen atoms in total. The maximum Gasteiger partial charge on any atom is 0.311 e. The number of benzene rings is 1. The highest BCUT2D eigenvalue weighted by Crippen LogP contribution is 2.53. The normalized spacial score (nSPS) is 14.3. The fourth-order valence-corrected chi connectivity index (χ4v) is 6.61. The van der Waals surface area contributed by atoms with Gasteiger partial charge in [0.2, 0.25) is 0 Å². The van der Waals surface area contributed by atoms with Gasteiger partial charge in [0.05, 0.1) is 28.6 Å². The summed E-state index contributed by atoms with van der Waals surface area (Å²) in [5.41, 5.74) is 2.24. The summed E-state index contributed by atoms with van der Waals surface area (Å²) in [6.07, 6.45) is 7.67. The zero-order chi connectivity index (χ0) is 20.9. The van der Waals surface area contributed by atoms with E-state index in [1.807, 2.05) is 42.6 Å². The summed E-state index contributed by atoms with van der Waals surface area (Å²) in [4.78, 5) is 14.7. The standard InChI is InChI=1S/C22H24O3S4/c1-5-24-21(23)13-17-9-8-16(29-17)7-6-15-12-18-19(14-20(15)26-2)25-11-10-22(18,27-3)28-4/h8-9,12,14H,5,10-11,13H2,1-4H3. The highest BCUT2D eigenvalue weighted by Gasteiger charge is 2.37. The first-order valence-corrected chi connectivity index (χ1v) is 13.8. The van der Waals surface area contributed by atoms with Gasteiger partial charge in [-0.25, -0.2) is 0 Å². The number of fused-ring (bicyclic) bond motifs is 1. The number of hydrogen-bond acceptors (Lipinski definition) is 7. The molecule has 0 unspecified atom stereocenters. The second-order valence-electron chi connectivity index (χ2n) is 6.31. The molecular formula is C22H24O3S4. The molecule has 7 heteroatoms. The smallest absolute Gasteiger partial charge is 0.311 e. The van der Waals surface area contributed by atoms with Gasteiger partial charge in [-0.15, -0.1) is 46.6 Å². The third kappa shape index (κ3) is 5.11. The van der Waals surface area contributed by atoms with E-state index in [2.05, 4.69) is 42.7 Å². The number of carbonyl (C=O) groups excluding carboxylic acids is 1. The van der Waals surface area contributed by atoms with Gasteiger partial charge in [0.1, 0.15) is 5.75 Å². The first-order valence-electron chi connectivity index (χ1n) is 9.27. The number of thioether (sulfide) groups is 3. The van der Waals surface area contributed by atoms with Gasteiger partial charge < -0.3 is 9.47 Å². The van der Waals surface area contributed by atoms with Crippen molar-refractivity contribution in [2.24, 2.45) is 0 Å². The minimum atomic E-state index is -0.196. The van der Waals surface area contributed by atoms with Gasteiger partial charge in [0.15, 0.2) is 0 Å². The van der Waals surface area contributed by atoms with Crippen LogP contribution in [0.25, 0.3) is 0 Å².